The molecule has 3 aromatic rings. The summed E-state index contributed by atoms with van der Waals surface area (Å²) < 4.78 is 0. The van der Waals surface area contributed by atoms with E-state index in [2.05, 4.69) is 29.3 Å². The van der Waals surface area contributed by atoms with Gasteiger partial charge in [0.05, 0.1) is 11.9 Å². The number of hydrogen-bond acceptors (Lipinski definition) is 3. The molecule has 3 nitrogen and oxygen atoms in total. The molecule has 0 aliphatic carbocycles. The summed E-state index contributed by atoms with van der Waals surface area (Å²) in [6.07, 6.45) is 3.58. The predicted molar refractivity (Wildman–Crippen MR) is 109 cm³/mol. The van der Waals surface area contributed by atoms with Crippen LogP contribution in [0.5, 0.6) is 5.75 Å². The highest BCUT2D eigenvalue weighted by Crippen LogP contribution is 2.16. The molecule has 128 valence electrons. The van der Waals surface area contributed by atoms with Gasteiger partial charge >= 0.3 is 0 Å². The van der Waals surface area contributed by atoms with Gasteiger partial charge < -0.3 is 5.11 Å². The first-order chi connectivity index (χ1) is 12.7. The Morgan fingerprint density at radius 3 is 2.00 bits per heavy atom. The third kappa shape index (κ3) is 4.54. The Kier molecular flexibility index (Phi) is 5.73. The molecule has 0 spiro atoms. The summed E-state index contributed by atoms with van der Waals surface area (Å²) in [7, 11) is 0. The van der Waals surface area contributed by atoms with E-state index in [1.807, 2.05) is 60.7 Å². The van der Waals surface area contributed by atoms with Crippen LogP contribution in [0, 0.1) is 0 Å². The van der Waals surface area contributed by atoms with Crippen molar-refractivity contribution in [2.75, 3.05) is 0 Å². The Balaban J connectivity index is 1.95. The Hall–Kier alpha value is -3.46. The predicted octanol–water partition coefficient (Wildman–Crippen LogP) is 5.32. The fourth-order valence-electron chi connectivity index (χ4n) is 2.52. The highest BCUT2D eigenvalue weighted by Gasteiger charge is 2.03. The lowest BCUT2D eigenvalue weighted by Crippen LogP contribution is -1.97. The largest absolute Gasteiger partial charge is 0.507 e. The molecule has 3 heteroatoms. The molecule has 26 heavy (non-hydrogen) atoms. The van der Waals surface area contributed by atoms with E-state index in [4.69, 9.17) is 0 Å². The second kappa shape index (κ2) is 8.58. The summed E-state index contributed by atoms with van der Waals surface area (Å²) in [5.74, 6) is 0.184. The number of nitrogens with zero attached hydrogens (tertiary/aromatic N) is 2. The number of allylic oxidation sites excluding steroid dienone is 2. The van der Waals surface area contributed by atoms with E-state index in [0.29, 0.717) is 5.56 Å². The van der Waals surface area contributed by atoms with Crippen LogP contribution in [0.3, 0.4) is 0 Å². The maximum Gasteiger partial charge on any atom is 0.124 e. The van der Waals surface area contributed by atoms with Gasteiger partial charge in [-0.1, -0.05) is 72.8 Å². The molecule has 0 atom stereocenters. The molecule has 0 saturated heterocycles. The second-order valence-electron chi connectivity index (χ2n) is 5.85. The van der Waals surface area contributed by atoms with Gasteiger partial charge in [-0.2, -0.15) is 10.2 Å². The highest BCUT2D eigenvalue weighted by molar-refractivity contribution is 6.12. The van der Waals surface area contributed by atoms with Crippen LogP contribution in [0.15, 0.2) is 101 Å². The van der Waals surface area contributed by atoms with E-state index in [1.54, 1.807) is 24.4 Å². The van der Waals surface area contributed by atoms with Gasteiger partial charge in [0, 0.05) is 11.1 Å². The maximum absolute atomic E-state index is 9.84. The number of benzene rings is 3. The smallest absolute Gasteiger partial charge is 0.124 e. The van der Waals surface area contributed by atoms with Gasteiger partial charge in [-0.05, 0) is 36.3 Å². The van der Waals surface area contributed by atoms with Crippen LogP contribution in [-0.4, -0.2) is 17.0 Å². The fourth-order valence-corrected chi connectivity index (χ4v) is 2.52. The average molecular weight is 340 g/mol. The number of phenols is 1. The zero-order valence-corrected chi connectivity index (χ0v) is 14.6. The molecule has 3 aromatic carbocycles. The molecule has 0 saturated carbocycles. The van der Waals surface area contributed by atoms with Crippen LogP contribution in [0.2, 0.25) is 0 Å². The van der Waals surface area contributed by atoms with E-state index in [-0.39, 0.29) is 5.75 Å². The minimum absolute atomic E-state index is 0.184. The lowest BCUT2D eigenvalue weighted by molar-refractivity contribution is 0.474. The van der Waals surface area contributed by atoms with Crippen LogP contribution in [0.25, 0.3) is 5.57 Å². The highest BCUT2D eigenvalue weighted by atomic mass is 16.3. The van der Waals surface area contributed by atoms with Gasteiger partial charge in [0.1, 0.15) is 5.75 Å². The SMILES string of the molecule is CC(=C/C(=N\N=C\c1ccccc1O)c1ccccc1)c1ccccc1. The first-order valence-corrected chi connectivity index (χ1v) is 8.42. The van der Waals surface area contributed by atoms with Crippen LogP contribution in [0.4, 0.5) is 0 Å². The van der Waals surface area contributed by atoms with Gasteiger partial charge in [-0.25, -0.2) is 0 Å². The van der Waals surface area contributed by atoms with Crippen molar-refractivity contribution in [2.45, 2.75) is 6.92 Å². The lowest BCUT2D eigenvalue weighted by Gasteiger charge is -2.04. The average Bonchev–Trinajstić information content (AvgIpc) is 2.70. The lowest BCUT2D eigenvalue weighted by atomic mass is 10.0. The zero-order valence-electron chi connectivity index (χ0n) is 14.6. The molecule has 0 amide bonds. The van der Waals surface area contributed by atoms with Gasteiger partial charge in [0.15, 0.2) is 0 Å². The first-order valence-electron chi connectivity index (χ1n) is 8.42. The summed E-state index contributed by atoms with van der Waals surface area (Å²) in [5.41, 5.74) is 4.62. The van der Waals surface area contributed by atoms with Crippen molar-refractivity contribution in [2.24, 2.45) is 10.2 Å². The van der Waals surface area contributed by atoms with Crippen LogP contribution in [0.1, 0.15) is 23.6 Å². The van der Waals surface area contributed by atoms with Crippen molar-refractivity contribution in [3.05, 3.63) is 108 Å². The van der Waals surface area contributed by atoms with Crippen molar-refractivity contribution in [3.63, 3.8) is 0 Å². The molecule has 0 unspecified atom stereocenters. The van der Waals surface area contributed by atoms with Gasteiger partial charge in [-0.3, -0.25) is 0 Å². The Bertz CT molecular complexity index is 942. The van der Waals surface area contributed by atoms with Crippen LogP contribution >= 0.6 is 0 Å². The second-order valence-corrected chi connectivity index (χ2v) is 5.85. The summed E-state index contributed by atoms with van der Waals surface area (Å²) >= 11 is 0. The molecule has 3 rings (SSSR count). The summed E-state index contributed by atoms with van der Waals surface area (Å²) in [6.45, 7) is 2.06. The Morgan fingerprint density at radius 2 is 1.35 bits per heavy atom. The molecule has 0 radical (unpaired) electrons. The quantitative estimate of drug-likeness (QED) is 0.496. The normalized spacial score (nSPS) is 12.5. The standard InChI is InChI=1S/C23H20N2O/c1-18(19-10-4-2-5-11-19)16-22(20-12-6-3-7-13-20)25-24-17-21-14-8-9-15-23(21)26/h2-17,26H,1H3/b18-16?,24-17+,25-22+. The number of hydrogen-bond donors (Lipinski definition) is 1. The molecule has 0 bridgehead atoms. The first kappa shape index (κ1) is 17.4. The number of para-hydroxylation sites is 1. The number of phenolic OH excluding ortho intramolecular Hbond substituents is 1. The van der Waals surface area contributed by atoms with Crippen LogP contribution < -0.4 is 0 Å². The minimum Gasteiger partial charge on any atom is -0.507 e. The summed E-state index contributed by atoms with van der Waals surface area (Å²) in [6, 6.07) is 27.1. The summed E-state index contributed by atoms with van der Waals surface area (Å²) in [5, 5.41) is 18.4. The molecule has 0 aliphatic rings. The van der Waals surface area contributed by atoms with Gasteiger partial charge in [0.25, 0.3) is 0 Å². The number of aromatic hydroxyl groups is 1. The summed E-state index contributed by atoms with van der Waals surface area (Å²) in [4.78, 5) is 0. The van der Waals surface area contributed by atoms with E-state index >= 15 is 0 Å². The Labute approximate surface area is 153 Å². The topological polar surface area (TPSA) is 45.0 Å². The molecule has 0 heterocycles. The van der Waals surface area contributed by atoms with Gasteiger partial charge in [-0.15, -0.1) is 0 Å². The van der Waals surface area contributed by atoms with E-state index in [0.717, 1.165) is 22.4 Å². The monoisotopic (exact) mass is 340 g/mol. The van der Waals surface area contributed by atoms with Gasteiger partial charge in [0.2, 0.25) is 0 Å². The van der Waals surface area contributed by atoms with Crippen LogP contribution in [-0.2, 0) is 0 Å². The molecule has 0 aromatic heterocycles. The van der Waals surface area contributed by atoms with Crippen molar-refractivity contribution in [1.82, 2.24) is 0 Å². The molecule has 0 aliphatic heterocycles. The van der Waals surface area contributed by atoms with E-state index < -0.39 is 0 Å². The zero-order chi connectivity index (χ0) is 18.2. The molecule has 1 N–H and O–H groups in total. The van der Waals surface area contributed by atoms with E-state index in [9.17, 15) is 5.11 Å². The maximum atomic E-state index is 9.84. The third-order valence-electron chi connectivity index (χ3n) is 3.95. The third-order valence-corrected chi connectivity index (χ3v) is 3.95. The molecular formula is C23H20N2O. The van der Waals surface area contributed by atoms with Crippen molar-refractivity contribution >= 4 is 17.5 Å². The minimum atomic E-state index is 0.184. The molecule has 0 fully saturated rings. The Morgan fingerprint density at radius 1 is 0.769 bits per heavy atom. The molecular weight excluding hydrogens is 320 g/mol. The van der Waals surface area contributed by atoms with Crippen molar-refractivity contribution in [3.8, 4) is 5.75 Å². The van der Waals surface area contributed by atoms with Crippen molar-refractivity contribution in [1.29, 1.82) is 0 Å². The van der Waals surface area contributed by atoms with E-state index in [1.165, 1.54) is 0 Å². The fraction of sp³-hybridized carbons (Fsp3) is 0.0435. The van der Waals surface area contributed by atoms with Crippen molar-refractivity contribution < 1.29 is 5.11 Å². The number of rotatable bonds is 5.